The second-order valence-corrected chi connectivity index (χ2v) is 3.20. The molecule has 0 aromatic rings. The van der Waals surface area contributed by atoms with Gasteiger partial charge in [0.25, 0.3) is 0 Å². The Hall–Kier alpha value is -0.820. The number of aliphatic hydroxyl groups is 1. The minimum absolute atomic E-state index is 0.170. The maximum Gasteiger partial charge on any atom is 0.0577 e. The number of rotatable bonds is 0. The first-order chi connectivity index (χ1) is 5.79. The highest BCUT2D eigenvalue weighted by atomic mass is 16.3. The first-order valence-corrected chi connectivity index (χ1v) is 4.47. The molecule has 0 aromatic carbocycles. The summed E-state index contributed by atoms with van der Waals surface area (Å²) in [6.07, 6.45) is 12.8. The molecule has 1 nitrogen and oxygen atoms in total. The number of hydrogen-bond acceptors (Lipinski definition) is 1. The van der Waals surface area contributed by atoms with Crippen LogP contribution in [0.2, 0.25) is 0 Å². The van der Waals surface area contributed by atoms with Crippen LogP contribution in [-0.2, 0) is 0 Å². The van der Waals surface area contributed by atoms with Crippen molar-refractivity contribution in [3.63, 3.8) is 0 Å². The average molecular weight is 164 g/mol. The van der Waals surface area contributed by atoms with Gasteiger partial charge in [0.2, 0.25) is 0 Å². The molecule has 1 aliphatic rings. The lowest BCUT2D eigenvalue weighted by molar-refractivity contribution is 0.169. The Kier molecular flexibility index (Phi) is 3.81. The first-order valence-electron chi connectivity index (χ1n) is 4.47. The Morgan fingerprint density at radius 3 is 3.08 bits per heavy atom. The fourth-order valence-electron chi connectivity index (χ4n) is 1.18. The summed E-state index contributed by atoms with van der Waals surface area (Å²) in [5.41, 5.74) is 1.22. The van der Waals surface area contributed by atoms with E-state index in [9.17, 15) is 5.11 Å². The van der Waals surface area contributed by atoms with E-state index >= 15 is 0 Å². The number of aliphatic hydroxyl groups excluding tert-OH is 1. The predicted molar refractivity (Wildman–Crippen MR) is 51.9 cm³/mol. The fourth-order valence-corrected chi connectivity index (χ4v) is 1.18. The van der Waals surface area contributed by atoms with Crippen molar-refractivity contribution in [2.24, 2.45) is 0 Å². The van der Waals surface area contributed by atoms with E-state index in [0.717, 1.165) is 19.3 Å². The standard InChI is InChI=1S/C11H16O/c1-10-6-4-2-3-5-7-11(12)9-8-10/h2-4,6,8,11-12H,5,7,9H2,1H3/b3-2+,6-4-,10-8+. The third-order valence-corrected chi connectivity index (χ3v) is 1.98. The van der Waals surface area contributed by atoms with Crippen LogP contribution >= 0.6 is 0 Å². The maximum absolute atomic E-state index is 9.45. The van der Waals surface area contributed by atoms with Gasteiger partial charge in [-0.2, -0.15) is 0 Å². The van der Waals surface area contributed by atoms with Gasteiger partial charge in [-0.25, -0.2) is 0 Å². The van der Waals surface area contributed by atoms with Crippen LogP contribution in [0.4, 0.5) is 0 Å². The molecule has 1 atom stereocenters. The molecule has 0 saturated carbocycles. The Labute approximate surface area is 74.1 Å². The van der Waals surface area contributed by atoms with Crippen molar-refractivity contribution >= 4 is 0 Å². The molecule has 1 aliphatic carbocycles. The molecule has 0 aliphatic heterocycles. The molecule has 0 aromatic heterocycles. The van der Waals surface area contributed by atoms with Crippen molar-refractivity contribution in [1.29, 1.82) is 0 Å². The Morgan fingerprint density at radius 2 is 2.25 bits per heavy atom. The molecule has 66 valence electrons. The third kappa shape index (κ3) is 3.54. The van der Waals surface area contributed by atoms with E-state index in [2.05, 4.69) is 25.2 Å². The molecule has 1 rings (SSSR count). The van der Waals surface area contributed by atoms with Gasteiger partial charge in [-0.3, -0.25) is 0 Å². The highest BCUT2D eigenvalue weighted by Crippen LogP contribution is 2.08. The van der Waals surface area contributed by atoms with E-state index < -0.39 is 0 Å². The molecule has 0 heterocycles. The van der Waals surface area contributed by atoms with E-state index in [0.29, 0.717) is 0 Å². The fraction of sp³-hybridized carbons (Fsp3) is 0.455. The van der Waals surface area contributed by atoms with Gasteiger partial charge in [-0.05, 0) is 26.2 Å². The van der Waals surface area contributed by atoms with Crippen LogP contribution in [0.5, 0.6) is 0 Å². The van der Waals surface area contributed by atoms with Crippen LogP contribution in [0.1, 0.15) is 26.2 Å². The number of allylic oxidation sites excluding steroid dienone is 5. The SMILES string of the molecule is CC1=C\CC(O)CC/C=C/C=C\1. The van der Waals surface area contributed by atoms with E-state index in [1.807, 2.05) is 12.2 Å². The smallest absolute Gasteiger partial charge is 0.0577 e. The van der Waals surface area contributed by atoms with Gasteiger partial charge >= 0.3 is 0 Å². The topological polar surface area (TPSA) is 20.2 Å². The second kappa shape index (κ2) is 4.94. The summed E-state index contributed by atoms with van der Waals surface area (Å²) in [5, 5.41) is 9.45. The van der Waals surface area contributed by atoms with Gasteiger partial charge in [-0.15, -0.1) is 0 Å². The van der Waals surface area contributed by atoms with E-state index in [1.165, 1.54) is 5.57 Å². The Morgan fingerprint density at radius 1 is 1.42 bits per heavy atom. The zero-order valence-electron chi connectivity index (χ0n) is 7.53. The summed E-state index contributed by atoms with van der Waals surface area (Å²) >= 11 is 0. The van der Waals surface area contributed by atoms with Crippen molar-refractivity contribution in [1.82, 2.24) is 0 Å². The summed E-state index contributed by atoms with van der Waals surface area (Å²) in [6, 6.07) is 0. The van der Waals surface area contributed by atoms with Gasteiger partial charge in [0, 0.05) is 0 Å². The predicted octanol–water partition coefficient (Wildman–Crippen LogP) is 2.59. The summed E-state index contributed by atoms with van der Waals surface area (Å²) in [5.74, 6) is 0. The van der Waals surface area contributed by atoms with Gasteiger partial charge in [0.05, 0.1) is 6.10 Å². The maximum atomic E-state index is 9.45. The molecular weight excluding hydrogens is 148 g/mol. The summed E-state index contributed by atoms with van der Waals surface area (Å²) in [6.45, 7) is 2.05. The lowest BCUT2D eigenvalue weighted by atomic mass is 10.1. The molecular formula is C11H16O. The summed E-state index contributed by atoms with van der Waals surface area (Å²) < 4.78 is 0. The molecule has 0 radical (unpaired) electrons. The summed E-state index contributed by atoms with van der Waals surface area (Å²) in [4.78, 5) is 0. The van der Waals surface area contributed by atoms with E-state index in [1.54, 1.807) is 0 Å². The molecule has 1 unspecified atom stereocenters. The zero-order chi connectivity index (χ0) is 8.81. The average Bonchev–Trinajstić information content (AvgIpc) is 2.07. The van der Waals surface area contributed by atoms with Crippen molar-refractivity contribution < 1.29 is 5.11 Å². The van der Waals surface area contributed by atoms with Gasteiger partial charge in [0.1, 0.15) is 0 Å². The zero-order valence-corrected chi connectivity index (χ0v) is 7.53. The van der Waals surface area contributed by atoms with Crippen LogP contribution < -0.4 is 0 Å². The third-order valence-electron chi connectivity index (χ3n) is 1.98. The Balaban J connectivity index is 2.61. The second-order valence-electron chi connectivity index (χ2n) is 3.20. The van der Waals surface area contributed by atoms with E-state index in [-0.39, 0.29) is 6.10 Å². The monoisotopic (exact) mass is 164 g/mol. The minimum atomic E-state index is -0.170. The quantitative estimate of drug-likeness (QED) is 0.583. The molecule has 1 N–H and O–H groups in total. The van der Waals surface area contributed by atoms with Crippen LogP contribution in [0, 0.1) is 0 Å². The van der Waals surface area contributed by atoms with Crippen LogP contribution in [0.25, 0.3) is 0 Å². The van der Waals surface area contributed by atoms with Crippen molar-refractivity contribution in [3.05, 3.63) is 36.0 Å². The highest BCUT2D eigenvalue weighted by Gasteiger charge is 2.00. The van der Waals surface area contributed by atoms with Crippen molar-refractivity contribution in [2.45, 2.75) is 32.3 Å². The first kappa shape index (κ1) is 9.27. The molecule has 0 amide bonds. The van der Waals surface area contributed by atoms with Gasteiger partial charge in [-0.1, -0.05) is 36.0 Å². The van der Waals surface area contributed by atoms with Crippen molar-refractivity contribution in [3.8, 4) is 0 Å². The molecule has 0 bridgehead atoms. The van der Waals surface area contributed by atoms with Crippen LogP contribution in [0.3, 0.4) is 0 Å². The van der Waals surface area contributed by atoms with Crippen LogP contribution in [-0.4, -0.2) is 11.2 Å². The molecule has 1 heteroatoms. The van der Waals surface area contributed by atoms with Crippen molar-refractivity contribution in [2.75, 3.05) is 0 Å². The largest absolute Gasteiger partial charge is 0.393 e. The van der Waals surface area contributed by atoms with E-state index in [4.69, 9.17) is 0 Å². The Bertz CT molecular complexity index is 211. The lowest BCUT2D eigenvalue weighted by Crippen LogP contribution is -2.04. The molecule has 0 fully saturated rings. The minimum Gasteiger partial charge on any atom is -0.393 e. The highest BCUT2D eigenvalue weighted by molar-refractivity contribution is 5.20. The normalized spacial score (nSPS) is 34.8. The number of hydrogen-bond donors (Lipinski definition) is 1. The molecule has 0 spiro atoms. The van der Waals surface area contributed by atoms with Crippen LogP contribution in [0.15, 0.2) is 36.0 Å². The molecule has 0 saturated heterocycles. The summed E-state index contributed by atoms with van der Waals surface area (Å²) in [7, 11) is 0. The van der Waals surface area contributed by atoms with Gasteiger partial charge < -0.3 is 5.11 Å². The van der Waals surface area contributed by atoms with Gasteiger partial charge in [0.15, 0.2) is 0 Å². The molecule has 12 heavy (non-hydrogen) atoms. The lowest BCUT2D eigenvalue weighted by Gasteiger charge is -2.06.